The molecular weight excluding hydrogens is 346 g/mol. The summed E-state index contributed by atoms with van der Waals surface area (Å²) in [5.41, 5.74) is 0.00565. The number of ether oxygens (including phenoxy) is 1. The second-order valence-electron chi connectivity index (χ2n) is 4.91. The topological polar surface area (TPSA) is 63.2 Å². The highest BCUT2D eigenvalue weighted by Crippen LogP contribution is 2.32. The second kappa shape index (κ2) is 6.85. The van der Waals surface area contributed by atoms with Crippen molar-refractivity contribution in [3.05, 3.63) is 21.9 Å². The van der Waals surface area contributed by atoms with Gasteiger partial charge in [-0.15, -0.1) is 0 Å². The minimum Gasteiger partial charge on any atom is -0.384 e. The van der Waals surface area contributed by atoms with Crippen molar-refractivity contribution in [3.63, 3.8) is 0 Å². The van der Waals surface area contributed by atoms with Gasteiger partial charge in [-0.1, -0.05) is 11.6 Å². The summed E-state index contributed by atoms with van der Waals surface area (Å²) in [5, 5.41) is 6.41. The number of aromatic nitrogens is 1. The van der Waals surface area contributed by atoms with Crippen molar-refractivity contribution < 1.29 is 9.53 Å². The number of piperidine rings is 1. The van der Waals surface area contributed by atoms with Gasteiger partial charge in [-0.2, -0.15) is 0 Å². The quantitative estimate of drug-likeness (QED) is 0.808. The molecule has 1 aromatic rings. The minimum absolute atomic E-state index is 0.0670. The molecule has 5 nitrogen and oxygen atoms in total. The van der Waals surface area contributed by atoms with Crippen LogP contribution >= 0.6 is 27.5 Å². The maximum atomic E-state index is 12.6. The molecule has 2 N–H and O–H groups in total. The Morgan fingerprint density at radius 2 is 2.30 bits per heavy atom. The van der Waals surface area contributed by atoms with Crippen LogP contribution in [0.15, 0.2) is 16.7 Å². The van der Waals surface area contributed by atoms with E-state index >= 15 is 0 Å². The van der Waals surface area contributed by atoms with E-state index in [1.807, 2.05) is 0 Å². The number of carbonyl (C=O) groups excluding carboxylic acids is 1. The molecule has 1 aliphatic rings. The average Bonchev–Trinajstić information content (AvgIpc) is 2.44. The van der Waals surface area contributed by atoms with E-state index in [0.29, 0.717) is 12.3 Å². The van der Waals surface area contributed by atoms with Gasteiger partial charge in [-0.3, -0.25) is 4.79 Å². The van der Waals surface area contributed by atoms with E-state index in [1.54, 1.807) is 19.4 Å². The highest BCUT2D eigenvalue weighted by atomic mass is 79.9. The van der Waals surface area contributed by atoms with Crippen molar-refractivity contribution >= 4 is 39.1 Å². The van der Waals surface area contributed by atoms with E-state index in [2.05, 4.69) is 31.5 Å². The molecule has 20 heavy (non-hydrogen) atoms. The average molecular weight is 363 g/mol. The molecule has 0 aliphatic carbocycles. The zero-order valence-electron chi connectivity index (χ0n) is 11.2. The standard InChI is InChI=1S/C13H17BrClN3O2/c1-20-8-13(2-4-16-5-3-13)12(19)18-10-6-9(14)7-17-11(10)15/h6-7,16H,2-5,8H2,1H3,(H,18,19). The summed E-state index contributed by atoms with van der Waals surface area (Å²) < 4.78 is 6.02. The largest absolute Gasteiger partial charge is 0.384 e. The summed E-state index contributed by atoms with van der Waals surface area (Å²) in [6.07, 6.45) is 3.07. The van der Waals surface area contributed by atoms with Crippen LogP contribution in [0.2, 0.25) is 5.15 Å². The molecule has 0 saturated carbocycles. The molecule has 1 aliphatic heterocycles. The molecule has 2 rings (SSSR count). The first kappa shape index (κ1) is 15.7. The Bertz CT molecular complexity index is 487. The molecule has 7 heteroatoms. The number of halogens is 2. The lowest BCUT2D eigenvalue weighted by Crippen LogP contribution is -2.47. The van der Waals surface area contributed by atoms with Crippen LogP contribution in [0.1, 0.15) is 12.8 Å². The molecule has 0 aromatic carbocycles. The smallest absolute Gasteiger partial charge is 0.233 e. The highest BCUT2D eigenvalue weighted by molar-refractivity contribution is 9.10. The molecule has 1 fully saturated rings. The lowest BCUT2D eigenvalue weighted by molar-refractivity contribution is -0.130. The number of anilines is 1. The molecule has 1 saturated heterocycles. The van der Waals surface area contributed by atoms with Crippen LogP contribution in [0, 0.1) is 5.41 Å². The number of hydrogen-bond donors (Lipinski definition) is 2. The number of rotatable bonds is 4. The third-order valence-corrected chi connectivity index (χ3v) is 4.25. The monoisotopic (exact) mass is 361 g/mol. The van der Waals surface area contributed by atoms with Gasteiger partial charge in [0.2, 0.25) is 5.91 Å². The molecular formula is C13H17BrClN3O2. The van der Waals surface area contributed by atoms with Gasteiger partial charge in [-0.05, 0) is 47.9 Å². The minimum atomic E-state index is -0.508. The van der Waals surface area contributed by atoms with Gasteiger partial charge in [0.1, 0.15) is 0 Å². The molecule has 0 atom stereocenters. The lowest BCUT2D eigenvalue weighted by atomic mass is 9.78. The number of pyridine rings is 1. The van der Waals surface area contributed by atoms with Crippen molar-refractivity contribution in [2.45, 2.75) is 12.8 Å². The van der Waals surface area contributed by atoms with Crippen LogP contribution in [0.3, 0.4) is 0 Å². The van der Waals surface area contributed by atoms with Crippen LogP contribution < -0.4 is 10.6 Å². The Labute approximate surface area is 131 Å². The summed E-state index contributed by atoms with van der Waals surface area (Å²) in [6, 6.07) is 1.74. The first-order chi connectivity index (χ1) is 9.57. The summed E-state index contributed by atoms with van der Waals surface area (Å²) in [6.45, 7) is 2.02. The van der Waals surface area contributed by atoms with E-state index in [-0.39, 0.29) is 11.1 Å². The van der Waals surface area contributed by atoms with Crippen LogP contribution in [-0.2, 0) is 9.53 Å². The van der Waals surface area contributed by atoms with Crippen LogP contribution in [0.5, 0.6) is 0 Å². The first-order valence-corrected chi connectivity index (χ1v) is 7.57. The van der Waals surface area contributed by atoms with E-state index in [9.17, 15) is 4.79 Å². The number of nitrogens with zero attached hydrogens (tertiary/aromatic N) is 1. The van der Waals surface area contributed by atoms with Gasteiger partial charge in [0.25, 0.3) is 0 Å². The third-order valence-electron chi connectivity index (χ3n) is 3.52. The summed E-state index contributed by atoms with van der Waals surface area (Å²) in [4.78, 5) is 16.6. The SMILES string of the molecule is COCC1(C(=O)Nc2cc(Br)cnc2Cl)CCNCC1. The van der Waals surface area contributed by atoms with Crippen LogP contribution in [-0.4, -0.2) is 37.7 Å². The molecule has 0 unspecified atom stereocenters. The van der Waals surface area contributed by atoms with Gasteiger partial charge in [-0.25, -0.2) is 4.98 Å². The van der Waals surface area contributed by atoms with Crippen molar-refractivity contribution in [1.82, 2.24) is 10.3 Å². The molecule has 0 bridgehead atoms. The van der Waals surface area contributed by atoms with E-state index in [1.165, 1.54) is 0 Å². The number of carbonyl (C=O) groups is 1. The molecule has 2 heterocycles. The van der Waals surface area contributed by atoms with E-state index in [0.717, 1.165) is 30.4 Å². The van der Waals surface area contributed by atoms with E-state index in [4.69, 9.17) is 16.3 Å². The Morgan fingerprint density at radius 1 is 1.60 bits per heavy atom. The summed E-state index contributed by atoms with van der Waals surface area (Å²) >= 11 is 9.33. The Hall–Kier alpha value is -0.690. The van der Waals surface area contributed by atoms with Crippen molar-refractivity contribution in [3.8, 4) is 0 Å². The predicted octanol–water partition coefficient (Wildman–Crippen LogP) is 2.45. The Balaban J connectivity index is 2.18. The van der Waals surface area contributed by atoms with Crippen molar-refractivity contribution in [1.29, 1.82) is 0 Å². The fraction of sp³-hybridized carbons (Fsp3) is 0.538. The highest BCUT2D eigenvalue weighted by Gasteiger charge is 2.39. The molecule has 1 amide bonds. The zero-order valence-corrected chi connectivity index (χ0v) is 13.6. The molecule has 0 spiro atoms. The normalized spacial score (nSPS) is 17.8. The fourth-order valence-electron chi connectivity index (χ4n) is 2.38. The fourth-order valence-corrected chi connectivity index (χ4v) is 2.87. The number of amides is 1. The zero-order chi connectivity index (χ0) is 14.6. The van der Waals surface area contributed by atoms with Gasteiger partial charge < -0.3 is 15.4 Å². The predicted molar refractivity (Wildman–Crippen MR) is 82.0 cm³/mol. The van der Waals surface area contributed by atoms with Crippen molar-refractivity contribution in [2.24, 2.45) is 5.41 Å². The van der Waals surface area contributed by atoms with Crippen LogP contribution in [0.25, 0.3) is 0 Å². The van der Waals surface area contributed by atoms with E-state index < -0.39 is 5.41 Å². The number of hydrogen-bond acceptors (Lipinski definition) is 4. The molecule has 0 radical (unpaired) electrons. The lowest BCUT2D eigenvalue weighted by Gasteiger charge is -2.35. The maximum Gasteiger partial charge on any atom is 0.233 e. The molecule has 1 aromatic heterocycles. The summed E-state index contributed by atoms with van der Waals surface area (Å²) in [7, 11) is 1.62. The Morgan fingerprint density at radius 3 is 2.95 bits per heavy atom. The van der Waals surface area contributed by atoms with Gasteiger partial charge in [0.15, 0.2) is 5.15 Å². The molecule has 110 valence electrons. The number of nitrogens with one attached hydrogen (secondary N) is 2. The second-order valence-corrected chi connectivity index (χ2v) is 6.18. The summed E-state index contributed by atoms with van der Waals surface area (Å²) in [5.74, 6) is -0.0670. The number of methoxy groups -OCH3 is 1. The maximum absolute atomic E-state index is 12.6. The van der Waals surface area contributed by atoms with Gasteiger partial charge in [0.05, 0.1) is 17.7 Å². The van der Waals surface area contributed by atoms with Gasteiger partial charge >= 0.3 is 0 Å². The van der Waals surface area contributed by atoms with Gasteiger partial charge in [0, 0.05) is 17.8 Å². The Kier molecular flexibility index (Phi) is 5.37. The third kappa shape index (κ3) is 3.49. The van der Waals surface area contributed by atoms with Crippen molar-refractivity contribution in [2.75, 3.05) is 32.1 Å². The van der Waals surface area contributed by atoms with Crippen LogP contribution in [0.4, 0.5) is 5.69 Å². The first-order valence-electron chi connectivity index (χ1n) is 6.39.